The largest absolute Gasteiger partial charge is 0.418 e. The molecule has 4 rings (SSSR count). The van der Waals surface area contributed by atoms with Gasteiger partial charge in [-0.2, -0.15) is 18.3 Å². The van der Waals surface area contributed by atoms with Crippen LogP contribution in [-0.4, -0.2) is 25.0 Å². The molecule has 10 heteroatoms. The molecule has 0 N–H and O–H groups in total. The van der Waals surface area contributed by atoms with Crippen molar-refractivity contribution in [3.63, 3.8) is 0 Å². The Balaban J connectivity index is 1.81. The van der Waals surface area contributed by atoms with Gasteiger partial charge in [0.05, 0.1) is 17.8 Å². The topological polar surface area (TPSA) is 73.6 Å². The molecule has 1 aliphatic carbocycles. The molecule has 3 heterocycles. The fourth-order valence-electron chi connectivity index (χ4n) is 3.94. The average molecular weight is 450 g/mol. The monoisotopic (exact) mass is 449 g/mol. The Kier molecular flexibility index (Phi) is 6.17. The van der Waals surface area contributed by atoms with Crippen LogP contribution in [0.15, 0.2) is 29.2 Å². The van der Waals surface area contributed by atoms with Gasteiger partial charge in [-0.1, -0.05) is 37.5 Å². The Hall–Kier alpha value is -2.62. The van der Waals surface area contributed by atoms with E-state index in [1.165, 1.54) is 23.6 Å². The van der Waals surface area contributed by atoms with Gasteiger partial charge in [0.1, 0.15) is 10.7 Å². The van der Waals surface area contributed by atoms with Crippen molar-refractivity contribution in [2.75, 3.05) is 0 Å². The number of halogens is 3. The Morgan fingerprint density at radius 3 is 2.65 bits per heavy atom. The second-order valence-electron chi connectivity index (χ2n) is 7.63. The molecule has 1 saturated carbocycles. The summed E-state index contributed by atoms with van der Waals surface area (Å²) in [5, 5.41) is 14.0. The maximum Gasteiger partial charge on any atom is 0.418 e. The molecule has 0 bridgehead atoms. The van der Waals surface area contributed by atoms with Gasteiger partial charge in [0.2, 0.25) is 0 Å². The first-order valence-electron chi connectivity index (χ1n) is 10.3. The highest BCUT2D eigenvalue weighted by molar-refractivity contribution is 7.14. The van der Waals surface area contributed by atoms with Gasteiger partial charge in [0, 0.05) is 11.8 Å². The fraction of sp³-hybridized carbons (Fsp3) is 0.476. The lowest BCUT2D eigenvalue weighted by Gasteiger charge is -2.22. The molecule has 0 saturated heterocycles. The van der Waals surface area contributed by atoms with Gasteiger partial charge in [-0.3, -0.25) is 9.78 Å². The van der Waals surface area contributed by atoms with Crippen molar-refractivity contribution in [2.24, 2.45) is 0 Å². The van der Waals surface area contributed by atoms with Crippen molar-refractivity contribution in [2.45, 2.75) is 64.1 Å². The maximum absolute atomic E-state index is 13.4. The molecule has 31 heavy (non-hydrogen) atoms. The zero-order chi connectivity index (χ0) is 22.0. The smallest absolute Gasteiger partial charge is 0.267 e. The summed E-state index contributed by atoms with van der Waals surface area (Å²) < 4.78 is 41.4. The van der Waals surface area contributed by atoms with Crippen LogP contribution in [0.2, 0.25) is 0 Å². The molecule has 3 aromatic rings. The molecule has 3 aromatic heterocycles. The molecule has 164 valence electrons. The second-order valence-corrected chi connectivity index (χ2v) is 8.69. The Labute approximate surface area is 181 Å². The SMILES string of the molecule is CCc1nnc(-c2cc(C3CCCCC3)c(=O)n(Cc3ncccc3C(F)(F)F)n2)s1. The van der Waals surface area contributed by atoms with Gasteiger partial charge in [0.25, 0.3) is 5.56 Å². The van der Waals surface area contributed by atoms with E-state index in [0.717, 1.165) is 54.3 Å². The quantitative estimate of drug-likeness (QED) is 0.558. The molecule has 0 amide bonds. The minimum Gasteiger partial charge on any atom is -0.267 e. The Morgan fingerprint density at radius 2 is 1.97 bits per heavy atom. The summed E-state index contributed by atoms with van der Waals surface area (Å²) in [5.74, 6) is 0.0682. The Morgan fingerprint density at radius 1 is 1.19 bits per heavy atom. The molecule has 0 spiro atoms. The van der Waals surface area contributed by atoms with Gasteiger partial charge in [-0.05, 0) is 43.4 Å². The first-order chi connectivity index (χ1) is 14.9. The summed E-state index contributed by atoms with van der Waals surface area (Å²) in [4.78, 5) is 17.1. The third kappa shape index (κ3) is 4.68. The van der Waals surface area contributed by atoms with E-state index in [9.17, 15) is 18.0 Å². The summed E-state index contributed by atoms with van der Waals surface area (Å²) in [6, 6.07) is 3.95. The lowest BCUT2D eigenvalue weighted by Crippen LogP contribution is -2.30. The number of aromatic nitrogens is 5. The van der Waals surface area contributed by atoms with Gasteiger partial charge >= 0.3 is 6.18 Å². The van der Waals surface area contributed by atoms with E-state index in [4.69, 9.17) is 0 Å². The first-order valence-corrected chi connectivity index (χ1v) is 11.1. The number of pyridine rings is 1. The van der Waals surface area contributed by atoms with E-state index in [0.29, 0.717) is 16.3 Å². The average Bonchev–Trinajstić information content (AvgIpc) is 3.25. The number of hydrogen-bond donors (Lipinski definition) is 0. The van der Waals surface area contributed by atoms with E-state index in [-0.39, 0.29) is 23.7 Å². The lowest BCUT2D eigenvalue weighted by molar-refractivity contribution is -0.138. The highest BCUT2D eigenvalue weighted by Crippen LogP contribution is 2.34. The molecular weight excluding hydrogens is 427 g/mol. The zero-order valence-electron chi connectivity index (χ0n) is 17.0. The third-order valence-electron chi connectivity index (χ3n) is 5.53. The number of rotatable bonds is 5. The molecule has 0 unspecified atom stereocenters. The fourth-order valence-corrected chi connectivity index (χ4v) is 4.68. The van der Waals surface area contributed by atoms with E-state index in [1.807, 2.05) is 6.92 Å². The zero-order valence-corrected chi connectivity index (χ0v) is 17.8. The molecule has 0 aromatic carbocycles. The maximum atomic E-state index is 13.4. The van der Waals surface area contributed by atoms with Crippen LogP contribution in [0.3, 0.4) is 0 Å². The van der Waals surface area contributed by atoms with E-state index >= 15 is 0 Å². The van der Waals surface area contributed by atoms with Crippen LogP contribution in [-0.2, 0) is 19.1 Å². The van der Waals surface area contributed by atoms with Crippen molar-refractivity contribution >= 4 is 11.3 Å². The highest BCUT2D eigenvalue weighted by Gasteiger charge is 2.34. The molecule has 0 aliphatic heterocycles. The van der Waals surface area contributed by atoms with Crippen LogP contribution in [0.1, 0.15) is 66.8 Å². The third-order valence-corrected chi connectivity index (χ3v) is 6.62. The van der Waals surface area contributed by atoms with Crippen molar-refractivity contribution in [1.82, 2.24) is 25.0 Å². The molecule has 1 fully saturated rings. The van der Waals surface area contributed by atoms with Gasteiger partial charge in [0.15, 0.2) is 5.01 Å². The highest BCUT2D eigenvalue weighted by atomic mass is 32.1. The number of nitrogens with zero attached hydrogens (tertiary/aromatic N) is 5. The van der Waals surface area contributed by atoms with Crippen LogP contribution in [0.25, 0.3) is 10.7 Å². The van der Waals surface area contributed by atoms with E-state index in [1.54, 1.807) is 6.07 Å². The van der Waals surface area contributed by atoms with Crippen LogP contribution in [0.5, 0.6) is 0 Å². The molecule has 0 atom stereocenters. The van der Waals surface area contributed by atoms with Crippen molar-refractivity contribution in [1.29, 1.82) is 0 Å². The second kappa shape index (κ2) is 8.86. The first kappa shape index (κ1) is 21.6. The van der Waals surface area contributed by atoms with E-state index < -0.39 is 11.7 Å². The summed E-state index contributed by atoms with van der Waals surface area (Å²) in [6.45, 7) is 1.60. The predicted octanol–water partition coefficient (Wildman–Crippen LogP) is 4.83. The summed E-state index contributed by atoms with van der Waals surface area (Å²) >= 11 is 1.37. The lowest BCUT2D eigenvalue weighted by atomic mass is 9.84. The van der Waals surface area contributed by atoms with Gasteiger partial charge < -0.3 is 0 Å². The number of hydrogen-bond acceptors (Lipinski definition) is 6. The van der Waals surface area contributed by atoms with E-state index in [2.05, 4.69) is 20.3 Å². The van der Waals surface area contributed by atoms with Crippen LogP contribution < -0.4 is 5.56 Å². The summed E-state index contributed by atoms with van der Waals surface area (Å²) in [7, 11) is 0. The van der Waals surface area contributed by atoms with Crippen molar-refractivity contribution < 1.29 is 13.2 Å². The molecular formula is C21H22F3N5OS. The summed E-state index contributed by atoms with van der Waals surface area (Å²) in [5.41, 5.74) is -0.417. The molecule has 6 nitrogen and oxygen atoms in total. The Bertz CT molecular complexity index is 1120. The van der Waals surface area contributed by atoms with Crippen LogP contribution in [0.4, 0.5) is 13.2 Å². The molecule has 0 radical (unpaired) electrons. The van der Waals surface area contributed by atoms with Crippen molar-refractivity contribution in [3.8, 4) is 10.7 Å². The minimum absolute atomic E-state index is 0.0682. The summed E-state index contributed by atoms with van der Waals surface area (Å²) in [6.07, 6.45) is 2.39. The van der Waals surface area contributed by atoms with Crippen molar-refractivity contribution in [3.05, 3.63) is 56.6 Å². The normalized spacial score (nSPS) is 15.4. The molecule has 1 aliphatic rings. The predicted molar refractivity (Wildman–Crippen MR) is 111 cm³/mol. The minimum atomic E-state index is -4.56. The van der Waals surface area contributed by atoms with Crippen LogP contribution in [0, 0.1) is 0 Å². The van der Waals surface area contributed by atoms with Gasteiger partial charge in [-0.25, -0.2) is 4.68 Å². The van der Waals surface area contributed by atoms with Crippen LogP contribution >= 0.6 is 11.3 Å². The number of aryl methyl sites for hydroxylation is 1. The van der Waals surface area contributed by atoms with Gasteiger partial charge in [-0.15, -0.1) is 10.2 Å². The standard InChI is InChI=1S/C21H22F3N5OS/c1-2-18-26-27-19(31-18)16-11-14(13-7-4-3-5-8-13)20(30)29(28-16)12-17-15(21(22,23)24)9-6-10-25-17/h6,9-11,13H,2-5,7-8,12H2,1H3. The number of alkyl halides is 3.